The molecule has 3 heteroatoms. The summed E-state index contributed by atoms with van der Waals surface area (Å²) in [6.45, 7) is 6.09. The minimum Gasteiger partial charge on any atom is -0.329 e. The van der Waals surface area contributed by atoms with Crippen molar-refractivity contribution in [2.45, 2.75) is 64.5 Å². The van der Waals surface area contributed by atoms with Crippen molar-refractivity contribution in [3.05, 3.63) is 21.4 Å². The lowest BCUT2D eigenvalue weighted by Crippen LogP contribution is -2.47. The molecule has 1 unspecified atom stereocenters. The van der Waals surface area contributed by atoms with Gasteiger partial charge in [0.05, 0.1) is 0 Å². The lowest BCUT2D eigenvalue weighted by molar-refractivity contribution is 0.351. The van der Waals surface area contributed by atoms with E-state index < -0.39 is 0 Å². The Bertz CT molecular complexity index is 356. The quantitative estimate of drug-likeness (QED) is 0.803. The van der Waals surface area contributed by atoms with Gasteiger partial charge in [-0.2, -0.15) is 0 Å². The first kappa shape index (κ1) is 14.0. The minimum absolute atomic E-state index is 0.0847. The second kappa shape index (κ2) is 6.18. The maximum absolute atomic E-state index is 5.84. The Kier molecular flexibility index (Phi) is 4.82. The summed E-state index contributed by atoms with van der Waals surface area (Å²) in [5.41, 5.74) is 7.54. The first-order chi connectivity index (χ1) is 8.67. The van der Waals surface area contributed by atoms with Crippen LogP contribution in [0.1, 0.15) is 54.8 Å². The number of nitrogens with two attached hydrogens (primary N) is 1. The molecule has 0 amide bonds. The SMILES string of the molecule is CCC(C)(CN)NCc1cc2c(s1)CCCCC2. The summed E-state index contributed by atoms with van der Waals surface area (Å²) in [5, 5.41) is 3.62. The van der Waals surface area contributed by atoms with E-state index in [9.17, 15) is 0 Å². The average molecular weight is 266 g/mol. The highest BCUT2D eigenvalue weighted by Crippen LogP contribution is 2.29. The molecule has 0 saturated heterocycles. The Morgan fingerprint density at radius 2 is 2.11 bits per heavy atom. The van der Waals surface area contributed by atoms with Crippen molar-refractivity contribution < 1.29 is 0 Å². The van der Waals surface area contributed by atoms with E-state index in [1.165, 1.54) is 37.0 Å². The van der Waals surface area contributed by atoms with Crippen LogP contribution in [-0.4, -0.2) is 12.1 Å². The molecule has 1 atom stereocenters. The Labute approximate surface area is 115 Å². The van der Waals surface area contributed by atoms with Gasteiger partial charge in [0.15, 0.2) is 0 Å². The highest BCUT2D eigenvalue weighted by atomic mass is 32.1. The second-order valence-electron chi connectivity index (χ2n) is 5.69. The van der Waals surface area contributed by atoms with Crippen molar-refractivity contribution in [2.24, 2.45) is 5.73 Å². The topological polar surface area (TPSA) is 38.0 Å². The molecule has 3 N–H and O–H groups in total. The normalized spacial score (nSPS) is 19.1. The molecule has 0 aliphatic heterocycles. The molecule has 0 bridgehead atoms. The van der Waals surface area contributed by atoms with Crippen LogP contribution >= 0.6 is 11.3 Å². The van der Waals surface area contributed by atoms with E-state index in [2.05, 4.69) is 25.2 Å². The van der Waals surface area contributed by atoms with Crippen LogP contribution in [-0.2, 0) is 19.4 Å². The van der Waals surface area contributed by atoms with Crippen molar-refractivity contribution >= 4 is 11.3 Å². The molecule has 102 valence electrons. The average Bonchev–Trinajstić information content (AvgIpc) is 2.66. The summed E-state index contributed by atoms with van der Waals surface area (Å²) in [6.07, 6.45) is 7.79. The predicted octanol–water partition coefficient (Wildman–Crippen LogP) is 3.23. The molecule has 1 aromatic heterocycles. The largest absolute Gasteiger partial charge is 0.329 e. The van der Waals surface area contributed by atoms with Gasteiger partial charge in [0.25, 0.3) is 0 Å². The van der Waals surface area contributed by atoms with E-state index in [0.29, 0.717) is 6.54 Å². The molecule has 1 aromatic rings. The smallest absolute Gasteiger partial charge is 0.0305 e. The lowest BCUT2D eigenvalue weighted by atomic mass is 9.99. The molecule has 1 heterocycles. The van der Waals surface area contributed by atoms with Crippen LogP contribution < -0.4 is 11.1 Å². The van der Waals surface area contributed by atoms with Crippen molar-refractivity contribution in [1.29, 1.82) is 0 Å². The van der Waals surface area contributed by atoms with Gasteiger partial charge in [-0.3, -0.25) is 0 Å². The van der Waals surface area contributed by atoms with Gasteiger partial charge in [-0.25, -0.2) is 0 Å². The molecular weight excluding hydrogens is 240 g/mol. The van der Waals surface area contributed by atoms with Gasteiger partial charge in [0.2, 0.25) is 0 Å². The predicted molar refractivity (Wildman–Crippen MR) is 80.2 cm³/mol. The molecule has 0 radical (unpaired) electrons. The standard InChI is InChI=1S/C15H26N2S/c1-3-15(2,11-16)17-10-13-9-12-7-5-4-6-8-14(12)18-13/h9,17H,3-8,10-11,16H2,1-2H3. The summed E-state index contributed by atoms with van der Waals surface area (Å²) < 4.78 is 0. The Morgan fingerprint density at radius 3 is 2.83 bits per heavy atom. The molecule has 1 aliphatic rings. The molecule has 18 heavy (non-hydrogen) atoms. The van der Waals surface area contributed by atoms with Crippen molar-refractivity contribution in [1.82, 2.24) is 5.32 Å². The third kappa shape index (κ3) is 3.34. The monoisotopic (exact) mass is 266 g/mol. The third-order valence-electron chi connectivity index (χ3n) is 4.22. The molecule has 0 aromatic carbocycles. The fraction of sp³-hybridized carbons (Fsp3) is 0.733. The second-order valence-corrected chi connectivity index (χ2v) is 6.91. The van der Waals surface area contributed by atoms with E-state index >= 15 is 0 Å². The molecule has 0 saturated carbocycles. The first-order valence-electron chi connectivity index (χ1n) is 7.22. The number of rotatable bonds is 5. The first-order valence-corrected chi connectivity index (χ1v) is 8.04. The van der Waals surface area contributed by atoms with Gasteiger partial charge in [0, 0.05) is 28.4 Å². The van der Waals surface area contributed by atoms with Crippen LogP contribution in [0, 0.1) is 0 Å². The van der Waals surface area contributed by atoms with Crippen molar-refractivity contribution in [3.63, 3.8) is 0 Å². The lowest BCUT2D eigenvalue weighted by Gasteiger charge is -2.27. The number of hydrogen-bond donors (Lipinski definition) is 2. The van der Waals surface area contributed by atoms with Crippen molar-refractivity contribution in [2.75, 3.05) is 6.54 Å². The van der Waals surface area contributed by atoms with E-state index in [0.717, 1.165) is 13.0 Å². The maximum Gasteiger partial charge on any atom is 0.0305 e. The highest BCUT2D eigenvalue weighted by Gasteiger charge is 2.20. The summed E-state index contributed by atoms with van der Waals surface area (Å²) in [4.78, 5) is 3.12. The van der Waals surface area contributed by atoms with Gasteiger partial charge in [-0.1, -0.05) is 13.3 Å². The van der Waals surface area contributed by atoms with Crippen LogP contribution in [0.15, 0.2) is 6.07 Å². The summed E-state index contributed by atoms with van der Waals surface area (Å²) in [5.74, 6) is 0. The summed E-state index contributed by atoms with van der Waals surface area (Å²) >= 11 is 2.01. The van der Waals surface area contributed by atoms with Gasteiger partial charge in [0.1, 0.15) is 0 Å². The molecule has 2 nitrogen and oxygen atoms in total. The van der Waals surface area contributed by atoms with Crippen LogP contribution in [0.5, 0.6) is 0 Å². The summed E-state index contributed by atoms with van der Waals surface area (Å²) in [7, 11) is 0. The van der Waals surface area contributed by atoms with E-state index in [1.807, 2.05) is 11.3 Å². The zero-order chi connectivity index (χ0) is 13.0. The molecular formula is C15H26N2S. The van der Waals surface area contributed by atoms with E-state index in [1.54, 1.807) is 10.4 Å². The molecule has 2 rings (SSSR count). The van der Waals surface area contributed by atoms with Gasteiger partial charge in [-0.15, -0.1) is 11.3 Å². The zero-order valence-corrected chi connectivity index (χ0v) is 12.5. The molecule has 1 aliphatic carbocycles. The number of nitrogens with one attached hydrogen (secondary N) is 1. The number of hydrogen-bond acceptors (Lipinski definition) is 3. The van der Waals surface area contributed by atoms with Crippen LogP contribution in [0.4, 0.5) is 0 Å². The number of aryl methyl sites for hydroxylation is 2. The minimum atomic E-state index is 0.0847. The Hall–Kier alpha value is -0.380. The van der Waals surface area contributed by atoms with Gasteiger partial charge >= 0.3 is 0 Å². The fourth-order valence-electron chi connectivity index (χ4n) is 2.46. The molecule has 0 spiro atoms. The zero-order valence-electron chi connectivity index (χ0n) is 11.7. The maximum atomic E-state index is 5.84. The van der Waals surface area contributed by atoms with E-state index in [4.69, 9.17) is 5.73 Å². The Balaban J connectivity index is 1.98. The number of fused-ring (bicyclic) bond motifs is 1. The van der Waals surface area contributed by atoms with Crippen LogP contribution in [0.2, 0.25) is 0 Å². The Morgan fingerprint density at radius 1 is 1.33 bits per heavy atom. The molecule has 0 fully saturated rings. The fourth-order valence-corrected chi connectivity index (χ4v) is 3.66. The highest BCUT2D eigenvalue weighted by molar-refractivity contribution is 7.12. The number of thiophene rings is 1. The van der Waals surface area contributed by atoms with Crippen molar-refractivity contribution in [3.8, 4) is 0 Å². The van der Waals surface area contributed by atoms with Crippen LogP contribution in [0.3, 0.4) is 0 Å². The summed E-state index contributed by atoms with van der Waals surface area (Å²) in [6, 6.07) is 2.42. The van der Waals surface area contributed by atoms with Gasteiger partial charge in [-0.05, 0) is 50.7 Å². The third-order valence-corrected chi connectivity index (χ3v) is 5.45. The van der Waals surface area contributed by atoms with Gasteiger partial charge < -0.3 is 11.1 Å². The van der Waals surface area contributed by atoms with Crippen LogP contribution in [0.25, 0.3) is 0 Å². The van der Waals surface area contributed by atoms with E-state index in [-0.39, 0.29) is 5.54 Å².